The number of unbranched alkanes of at least 4 members (excludes halogenated alkanes) is 12. The van der Waals surface area contributed by atoms with Crippen LogP contribution in [-0.2, 0) is 4.79 Å². The lowest BCUT2D eigenvalue weighted by Crippen LogP contribution is -2.29. The Bertz CT molecular complexity index is 339. The third-order valence-corrected chi connectivity index (χ3v) is 6.47. The molecule has 2 heteroatoms. The Balaban J connectivity index is 4.21. The van der Waals surface area contributed by atoms with Gasteiger partial charge in [-0.25, -0.2) is 0 Å². The van der Waals surface area contributed by atoms with Gasteiger partial charge in [-0.1, -0.05) is 124 Å². The Hall–Kier alpha value is -0.530. The van der Waals surface area contributed by atoms with Crippen LogP contribution >= 0.6 is 0 Å². The molecule has 0 heterocycles. The van der Waals surface area contributed by atoms with E-state index >= 15 is 0 Å². The van der Waals surface area contributed by atoms with Crippen LogP contribution in [0.1, 0.15) is 143 Å². The number of carboxylic acids is 1. The Morgan fingerprint density at radius 1 is 0.704 bits per heavy atom. The SMILES string of the molecule is CCCCCCCCCCC(CCCCCCCC)CC(C)(CC)C(=O)O. The molecule has 0 rings (SSSR count). The molecule has 0 bridgehead atoms. The Morgan fingerprint density at radius 2 is 1.07 bits per heavy atom. The van der Waals surface area contributed by atoms with Gasteiger partial charge in [0.05, 0.1) is 5.41 Å². The average molecular weight is 383 g/mol. The highest BCUT2D eigenvalue weighted by Crippen LogP contribution is 2.35. The molecule has 0 saturated heterocycles. The van der Waals surface area contributed by atoms with Gasteiger partial charge in [0.2, 0.25) is 0 Å². The smallest absolute Gasteiger partial charge is 0.309 e. The van der Waals surface area contributed by atoms with Gasteiger partial charge in [-0.15, -0.1) is 0 Å². The highest BCUT2D eigenvalue weighted by Gasteiger charge is 2.33. The summed E-state index contributed by atoms with van der Waals surface area (Å²) in [5.74, 6) is -0.00816. The topological polar surface area (TPSA) is 37.3 Å². The van der Waals surface area contributed by atoms with Crippen LogP contribution in [0.2, 0.25) is 0 Å². The number of carbonyl (C=O) groups is 1. The van der Waals surface area contributed by atoms with Crippen LogP contribution in [0.25, 0.3) is 0 Å². The molecule has 0 aliphatic rings. The van der Waals surface area contributed by atoms with E-state index in [-0.39, 0.29) is 0 Å². The number of rotatable bonds is 20. The zero-order valence-electron chi connectivity index (χ0n) is 19.2. The number of carboxylic acid groups (broad SMARTS) is 1. The highest BCUT2D eigenvalue weighted by atomic mass is 16.4. The van der Waals surface area contributed by atoms with Gasteiger partial charge in [-0.05, 0) is 25.7 Å². The van der Waals surface area contributed by atoms with Crippen molar-refractivity contribution in [2.24, 2.45) is 11.3 Å². The zero-order chi connectivity index (χ0) is 20.4. The number of hydrogen-bond donors (Lipinski definition) is 1. The molecule has 0 aromatic rings. The van der Waals surface area contributed by atoms with Gasteiger partial charge in [0.1, 0.15) is 0 Å². The second kappa shape index (κ2) is 17.6. The molecule has 1 N–H and O–H groups in total. The summed E-state index contributed by atoms with van der Waals surface area (Å²) in [6.45, 7) is 8.52. The molecule has 2 atom stereocenters. The first kappa shape index (κ1) is 26.5. The quantitative estimate of drug-likeness (QED) is 0.214. The fourth-order valence-corrected chi connectivity index (χ4v) is 4.15. The Morgan fingerprint density at radius 3 is 1.41 bits per heavy atom. The van der Waals surface area contributed by atoms with Crippen molar-refractivity contribution in [1.29, 1.82) is 0 Å². The molecule has 0 amide bonds. The first-order chi connectivity index (χ1) is 13.0. The van der Waals surface area contributed by atoms with Crippen molar-refractivity contribution in [3.05, 3.63) is 0 Å². The molecule has 27 heavy (non-hydrogen) atoms. The molecule has 0 aromatic carbocycles. The van der Waals surface area contributed by atoms with Crippen LogP contribution in [0.5, 0.6) is 0 Å². The minimum Gasteiger partial charge on any atom is -0.481 e. The van der Waals surface area contributed by atoms with Crippen LogP contribution in [0, 0.1) is 11.3 Å². The van der Waals surface area contributed by atoms with E-state index in [0.717, 1.165) is 12.8 Å². The van der Waals surface area contributed by atoms with Crippen molar-refractivity contribution in [3.63, 3.8) is 0 Å². The summed E-state index contributed by atoms with van der Waals surface area (Å²) in [6.07, 6.45) is 22.9. The molecular weight excluding hydrogens is 332 g/mol. The predicted octanol–water partition coefficient (Wildman–Crippen LogP) is 8.78. The fourth-order valence-electron chi connectivity index (χ4n) is 4.15. The minimum atomic E-state index is -0.603. The van der Waals surface area contributed by atoms with Gasteiger partial charge in [-0.2, -0.15) is 0 Å². The Labute approximate surface area is 170 Å². The van der Waals surface area contributed by atoms with E-state index in [9.17, 15) is 9.90 Å². The van der Waals surface area contributed by atoms with Gasteiger partial charge in [0.15, 0.2) is 0 Å². The Kier molecular flexibility index (Phi) is 17.2. The molecule has 0 aliphatic heterocycles. The molecule has 2 nitrogen and oxygen atoms in total. The molecule has 162 valence electrons. The normalized spacial score (nSPS) is 14.8. The van der Waals surface area contributed by atoms with Crippen LogP contribution in [-0.4, -0.2) is 11.1 Å². The molecular formula is C25H50O2. The van der Waals surface area contributed by atoms with Gasteiger partial charge in [0.25, 0.3) is 0 Å². The predicted molar refractivity (Wildman–Crippen MR) is 119 cm³/mol. The summed E-state index contributed by atoms with van der Waals surface area (Å²) in [6, 6.07) is 0. The molecule has 0 saturated carbocycles. The maximum atomic E-state index is 11.7. The molecule has 0 spiro atoms. The minimum absolute atomic E-state index is 0.535. The van der Waals surface area contributed by atoms with Crippen molar-refractivity contribution in [3.8, 4) is 0 Å². The lowest BCUT2D eigenvalue weighted by molar-refractivity contribution is -0.149. The standard InChI is InChI=1S/C25H50O2/c1-5-8-10-12-14-15-17-19-21-23(20-18-16-13-11-9-6-2)22-25(4,7-3)24(26)27/h23H,5-22H2,1-4H3,(H,26,27). The van der Waals surface area contributed by atoms with E-state index in [1.807, 2.05) is 13.8 Å². The number of aliphatic carboxylic acids is 1. The first-order valence-electron chi connectivity index (χ1n) is 12.2. The van der Waals surface area contributed by atoms with E-state index < -0.39 is 11.4 Å². The summed E-state index contributed by atoms with van der Waals surface area (Å²) < 4.78 is 0. The van der Waals surface area contributed by atoms with Gasteiger partial charge in [-0.3, -0.25) is 4.79 Å². The summed E-state index contributed by atoms with van der Waals surface area (Å²) in [5.41, 5.74) is -0.535. The maximum absolute atomic E-state index is 11.7. The lowest BCUT2D eigenvalue weighted by Gasteiger charge is -2.29. The van der Waals surface area contributed by atoms with Crippen LogP contribution in [0.4, 0.5) is 0 Å². The van der Waals surface area contributed by atoms with Crippen molar-refractivity contribution in [2.45, 2.75) is 143 Å². The van der Waals surface area contributed by atoms with E-state index in [0.29, 0.717) is 5.92 Å². The third kappa shape index (κ3) is 14.2. The number of hydrogen-bond acceptors (Lipinski definition) is 1. The van der Waals surface area contributed by atoms with Gasteiger partial charge < -0.3 is 5.11 Å². The van der Waals surface area contributed by atoms with Crippen LogP contribution < -0.4 is 0 Å². The summed E-state index contributed by atoms with van der Waals surface area (Å²) >= 11 is 0. The average Bonchev–Trinajstić information content (AvgIpc) is 2.66. The zero-order valence-corrected chi connectivity index (χ0v) is 19.2. The molecule has 0 aliphatic carbocycles. The van der Waals surface area contributed by atoms with Crippen molar-refractivity contribution < 1.29 is 9.90 Å². The summed E-state index contributed by atoms with van der Waals surface area (Å²) in [5, 5.41) is 9.66. The molecule has 0 fully saturated rings. The molecule has 0 radical (unpaired) electrons. The van der Waals surface area contributed by atoms with E-state index in [1.54, 1.807) is 0 Å². The summed E-state index contributed by atoms with van der Waals surface area (Å²) in [4.78, 5) is 11.7. The van der Waals surface area contributed by atoms with Crippen LogP contribution in [0.15, 0.2) is 0 Å². The van der Waals surface area contributed by atoms with E-state index in [1.165, 1.54) is 103 Å². The van der Waals surface area contributed by atoms with E-state index in [4.69, 9.17) is 0 Å². The molecule has 0 aromatic heterocycles. The van der Waals surface area contributed by atoms with Crippen LogP contribution in [0.3, 0.4) is 0 Å². The highest BCUT2D eigenvalue weighted by molar-refractivity contribution is 5.74. The van der Waals surface area contributed by atoms with Crippen molar-refractivity contribution in [1.82, 2.24) is 0 Å². The third-order valence-electron chi connectivity index (χ3n) is 6.47. The second-order valence-electron chi connectivity index (χ2n) is 9.11. The second-order valence-corrected chi connectivity index (χ2v) is 9.11. The van der Waals surface area contributed by atoms with Crippen molar-refractivity contribution >= 4 is 5.97 Å². The lowest BCUT2D eigenvalue weighted by atomic mass is 9.75. The maximum Gasteiger partial charge on any atom is 0.309 e. The first-order valence-corrected chi connectivity index (χ1v) is 12.2. The monoisotopic (exact) mass is 382 g/mol. The van der Waals surface area contributed by atoms with E-state index in [2.05, 4.69) is 13.8 Å². The van der Waals surface area contributed by atoms with Gasteiger partial charge >= 0.3 is 5.97 Å². The largest absolute Gasteiger partial charge is 0.481 e. The van der Waals surface area contributed by atoms with Crippen molar-refractivity contribution in [2.75, 3.05) is 0 Å². The molecule has 2 unspecified atom stereocenters. The summed E-state index contributed by atoms with van der Waals surface area (Å²) in [7, 11) is 0. The fraction of sp³-hybridized carbons (Fsp3) is 0.960. The van der Waals surface area contributed by atoms with Gasteiger partial charge in [0, 0.05) is 0 Å².